The molecule has 3 rings (SSSR count). The van der Waals surface area contributed by atoms with Crippen molar-refractivity contribution >= 4 is 11.8 Å². The Labute approximate surface area is 136 Å². The average Bonchev–Trinajstić information content (AvgIpc) is 2.80. The maximum Gasteiger partial charge on any atom is 0.242 e. The summed E-state index contributed by atoms with van der Waals surface area (Å²) in [5.41, 5.74) is 1.04. The van der Waals surface area contributed by atoms with Crippen LogP contribution in [0.3, 0.4) is 0 Å². The van der Waals surface area contributed by atoms with Gasteiger partial charge in [-0.2, -0.15) is 0 Å². The van der Waals surface area contributed by atoms with Gasteiger partial charge >= 0.3 is 0 Å². The highest BCUT2D eigenvalue weighted by Crippen LogP contribution is 2.22. The van der Waals surface area contributed by atoms with Crippen LogP contribution in [0.4, 0.5) is 0 Å². The van der Waals surface area contributed by atoms with Gasteiger partial charge in [0.2, 0.25) is 11.8 Å². The van der Waals surface area contributed by atoms with Crippen molar-refractivity contribution in [3.05, 3.63) is 30.1 Å². The fourth-order valence-corrected chi connectivity index (χ4v) is 3.33. The molecule has 2 fully saturated rings. The fourth-order valence-electron chi connectivity index (χ4n) is 3.33. The SMILES string of the molecule is O=C1CCCCCN1CC(=O)N1CCNCC1c1cccnc1. The lowest BCUT2D eigenvalue weighted by atomic mass is 10.1. The molecule has 6 heteroatoms. The van der Waals surface area contributed by atoms with E-state index in [1.807, 2.05) is 23.2 Å². The second-order valence-corrected chi connectivity index (χ2v) is 6.22. The van der Waals surface area contributed by atoms with E-state index in [0.717, 1.165) is 37.9 Å². The molecule has 1 unspecified atom stereocenters. The van der Waals surface area contributed by atoms with E-state index in [2.05, 4.69) is 10.3 Å². The first kappa shape index (κ1) is 15.9. The smallest absolute Gasteiger partial charge is 0.242 e. The number of nitrogens with one attached hydrogen (secondary N) is 1. The summed E-state index contributed by atoms with van der Waals surface area (Å²) < 4.78 is 0. The Morgan fingerprint density at radius 2 is 2.22 bits per heavy atom. The van der Waals surface area contributed by atoms with Gasteiger partial charge in [0.1, 0.15) is 0 Å². The molecule has 2 aliphatic heterocycles. The number of nitrogens with zero attached hydrogens (tertiary/aromatic N) is 3. The van der Waals surface area contributed by atoms with Crippen molar-refractivity contribution in [3.63, 3.8) is 0 Å². The lowest BCUT2D eigenvalue weighted by Crippen LogP contribution is -2.52. The predicted molar refractivity (Wildman–Crippen MR) is 86.6 cm³/mol. The molecule has 0 saturated carbocycles. The van der Waals surface area contributed by atoms with Crippen LogP contribution in [0.15, 0.2) is 24.5 Å². The minimum atomic E-state index is -0.00738. The number of aromatic nitrogens is 1. The quantitative estimate of drug-likeness (QED) is 0.902. The van der Waals surface area contributed by atoms with E-state index in [1.54, 1.807) is 11.1 Å². The van der Waals surface area contributed by atoms with E-state index in [-0.39, 0.29) is 24.4 Å². The number of hydrogen-bond donors (Lipinski definition) is 1. The molecule has 1 aromatic heterocycles. The number of pyridine rings is 1. The van der Waals surface area contributed by atoms with Gasteiger partial charge in [-0.1, -0.05) is 12.5 Å². The zero-order chi connectivity index (χ0) is 16.1. The van der Waals surface area contributed by atoms with Crippen LogP contribution in [0.25, 0.3) is 0 Å². The van der Waals surface area contributed by atoms with Gasteiger partial charge in [0.15, 0.2) is 0 Å². The summed E-state index contributed by atoms with van der Waals surface area (Å²) in [6, 6.07) is 3.89. The molecule has 0 aromatic carbocycles. The molecule has 0 radical (unpaired) electrons. The van der Waals surface area contributed by atoms with Crippen molar-refractivity contribution < 1.29 is 9.59 Å². The number of amides is 2. The molecule has 0 bridgehead atoms. The van der Waals surface area contributed by atoms with Gasteiger partial charge in [0.05, 0.1) is 12.6 Å². The second kappa shape index (κ2) is 7.55. The Bertz CT molecular complexity index is 549. The van der Waals surface area contributed by atoms with E-state index < -0.39 is 0 Å². The van der Waals surface area contributed by atoms with Crippen LogP contribution in [-0.4, -0.2) is 59.3 Å². The van der Waals surface area contributed by atoms with E-state index >= 15 is 0 Å². The fraction of sp³-hybridized carbons (Fsp3) is 0.588. The second-order valence-electron chi connectivity index (χ2n) is 6.22. The highest BCUT2D eigenvalue weighted by molar-refractivity contribution is 5.85. The molecule has 23 heavy (non-hydrogen) atoms. The van der Waals surface area contributed by atoms with Gasteiger partial charge < -0.3 is 15.1 Å². The van der Waals surface area contributed by atoms with Crippen LogP contribution in [0.2, 0.25) is 0 Å². The minimum Gasteiger partial charge on any atom is -0.333 e. The Kier molecular flexibility index (Phi) is 5.23. The summed E-state index contributed by atoms with van der Waals surface area (Å²) in [5, 5.41) is 3.34. The zero-order valence-corrected chi connectivity index (χ0v) is 13.4. The lowest BCUT2D eigenvalue weighted by molar-refractivity contribution is -0.142. The Balaban J connectivity index is 1.70. The number of carbonyl (C=O) groups excluding carboxylic acids is 2. The molecule has 2 amide bonds. The molecule has 0 spiro atoms. The molecule has 124 valence electrons. The largest absolute Gasteiger partial charge is 0.333 e. The van der Waals surface area contributed by atoms with E-state index in [0.29, 0.717) is 19.5 Å². The summed E-state index contributed by atoms with van der Waals surface area (Å²) >= 11 is 0. The summed E-state index contributed by atoms with van der Waals surface area (Å²) in [7, 11) is 0. The number of piperazine rings is 1. The summed E-state index contributed by atoms with van der Waals surface area (Å²) in [6.45, 7) is 3.09. The molecule has 6 nitrogen and oxygen atoms in total. The van der Waals surface area contributed by atoms with Crippen LogP contribution >= 0.6 is 0 Å². The van der Waals surface area contributed by atoms with Crippen LogP contribution in [0.1, 0.15) is 37.3 Å². The molecule has 0 aliphatic carbocycles. The van der Waals surface area contributed by atoms with Gasteiger partial charge in [0, 0.05) is 45.0 Å². The first-order valence-corrected chi connectivity index (χ1v) is 8.43. The predicted octanol–water partition coefficient (Wildman–Crippen LogP) is 0.957. The molecule has 1 atom stereocenters. The van der Waals surface area contributed by atoms with Crippen molar-refractivity contribution in [1.82, 2.24) is 20.1 Å². The molecule has 1 N–H and O–H groups in total. The van der Waals surface area contributed by atoms with Gasteiger partial charge in [-0.05, 0) is 24.5 Å². The zero-order valence-electron chi connectivity index (χ0n) is 13.4. The normalized spacial score (nSPS) is 22.8. The minimum absolute atomic E-state index is 0.00738. The monoisotopic (exact) mass is 316 g/mol. The molecular weight excluding hydrogens is 292 g/mol. The molecule has 3 heterocycles. The van der Waals surface area contributed by atoms with Crippen LogP contribution in [-0.2, 0) is 9.59 Å². The van der Waals surface area contributed by atoms with Crippen LogP contribution in [0.5, 0.6) is 0 Å². The highest BCUT2D eigenvalue weighted by Gasteiger charge is 2.30. The number of rotatable bonds is 3. The van der Waals surface area contributed by atoms with Crippen molar-refractivity contribution in [2.45, 2.75) is 31.7 Å². The van der Waals surface area contributed by atoms with E-state index in [9.17, 15) is 9.59 Å². The third-order valence-corrected chi connectivity index (χ3v) is 4.63. The number of likely N-dealkylation sites (tertiary alicyclic amines) is 1. The lowest BCUT2D eigenvalue weighted by Gasteiger charge is -2.37. The molecular formula is C17H24N4O2. The third-order valence-electron chi connectivity index (χ3n) is 4.63. The topological polar surface area (TPSA) is 65.5 Å². The average molecular weight is 316 g/mol. The first-order chi connectivity index (χ1) is 11.3. The molecule has 2 aliphatic rings. The Morgan fingerprint density at radius 3 is 3.04 bits per heavy atom. The summed E-state index contributed by atoms with van der Waals surface area (Å²) in [5.74, 6) is 0.152. The van der Waals surface area contributed by atoms with Crippen molar-refractivity contribution in [1.29, 1.82) is 0 Å². The molecule has 2 saturated heterocycles. The first-order valence-electron chi connectivity index (χ1n) is 8.43. The maximum absolute atomic E-state index is 12.8. The molecule has 1 aromatic rings. The van der Waals surface area contributed by atoms with E-state index in [1.165, 1.54) is 0 Å². The van der Waals surface area contributed by atoms with Crippen molar-refractivity contribution in [2.75, 3.05) is 32.7 Å². The van der Waals surface area contributed by atoms with E-state index in [4.69, 9.17) is 0 Å². The van der Waals surface area contributed by atoms with Gasteiger partial charge in [-0.15, -0.1) is 0 Å². The maximum atomic E-state index is 12.8. The number of carbonyl (C=O) groups is 2. The van der Waals surface area contributed by atoms with Crippen LogP contribution in [0, 0.1) is 0 Å². The standard InChI is InChI=1S/C17H24N4O2/c22-16-6-2-1-3-9-20(16)13-17(23)21-10-8-19-12-15(21)14-5-4-7-18-11-14/h4-5,7,11,15,19H,1-3,6,8-10,12-13H2. The summed E-state index contributed by atoms with van der Waals surface area (Å²) in [4.78, 5) is 32.7. The highest BCUT2D eigenvalue weighted by atomic mass is 16.2. The Morgan fingerprint density at radius 1 is 1.30 bits per heavy atom. The van der Waals surface area contributed by atoms with Crippen LogP contribution < -0.4 is 5.32 Å². The van der Waals surface area contributed by atoms with Crippen molar-refractivity contribution in [3.8, 4) is 0 Å². The Hall–Kier alpha value is -1.95. The summed E-state index contributed by atoms with van der Waals surface area (Å²) in [6.07, 6.45) is 7.13. The van der Waals surface area contributed by atoms with Gasteiger partial charge in [-0.25, -0.2) is 0 Å². The van der Waals surface area contributed by atoms with Gasteiger partial charge in [0.25, 0.3) is 0 Å². The number of hydrogen-bond acceptors (Lipinski definition) is 4. The van der Waals surface area contributed by atoms with Crippen molar-refractivity contribution in [2.24, 2.45) is 0 Å². The van der Waals surface area contributed by atoms with Gasteiger partial charge in [-0.3, -0.25) is 14.6 Å². The third kappa shape index (κ3) is 3.88.